The molecule has 94 valence electrons. The van der Waals surface area contributed by atoms with Gasteiger partial charge in [-0.3, -0.25) is 0 Å². The number of fused-ring (bicyclic) bond motifs is 1. The van der Waals surface area contributed by atoms with Gasteiger partial charge in [-0.05, 0) is 46.0 Å². The van der Waals surface area contributed by atoms with Gasteiger partial charge in [0.15, 0.2) is 0 Å². The van der Waals surface area contributed by atoms with Crippen LogP contribution < -0.4 is 0 Å². The summed E-state index contributed by atoms with van der Waals surface area (Å²) in [6, 6.07) is 20.4. The molecule has 0 aliphatic rings. The van der Waals surface area contributed by atoms with E-state index in [9.17, 15) is 5.11 Å². The molecule has 3 aromatic carbocycles. The minimum Gasteiger partial charge on any atom is -0.508 e. The van der Waals surface area contributed by atoms with E-state index in [1.807, 2.05) is 18.2 Å². The summed E-state index contributed by atoms with van der Waals surface area (Å²) in [7, 11) is 0. The Bertz CT molecular complexity index is 714. The van der Waals surface area contributed by atoms with Crippen molar-refractivity contribution in [3.8, 4) is 16.9 Å². The van der Waals surface area contributed by atoms with Crippen LogP contribution in [0.15, 0.2) is 60.7 Å². The maximum absolute atomic E-state index is 9.66. The van der Waals surface area contributed by atoms with Crippen molar-refractivity contribution in [1.29, 1.82) is 0 Å². The van der Waals surface area contributed by atoms with E-state index in [1.54, 1.807) is 6.07 Å². The average Bonchev–Trinajstić information content (AvgIpc) is 2.46. The van der Waals surface area contributed by atoms with Gasteiger partial charge >= 0.3 is 0 Å². The molecule has 19 heavy (non-hydrogen) atoms. The smallest absolute Gasteiger partial charge is 0.116 e. The molecule has 0 saturated carbocycles. The molecule has 0 amide bonds. The molecular weight excluding hydrogens is 232 g/mol. The summed E-state index contributed by atoms with van der Waals surface area (Å²) in [5, 5.41) is 11.9. The number of aromatic hydroxyl groups is 1. The van der Waals surface area contributed by atoms with Gasteiger partial charge in [-0.1, -0.05) is 55.5 Å². The van der Waals surface area contributed by atoms with Gasteiger partial charge in [-0.2, -0.15) is 0 Å². The molecule has 0 fully saturated rings. The summed E-state index contributed by atoms with van der Waals surface area (Å²) in [6.45, 7) is 2.15. The zero-order valence-corrected chi connectivity index (χ0v) is 10.9. The zero-order valence-electron chi connectivity index (χ0n) is 10.9. The zero-order chi connectivity index (χ0) is 13.2. The molecule has 0 bridgehead atoms. The number of phenolic OH excluding ortho intramolecular Hbond substituents is 1. The average molecular weight is 248 g/mol. The van der Waals surface area contributed by atoms with Gasteiger partial charge in [0.1, 0.15) is 5.75 Å². The van der Waals surface area contributed by atoms with Crippen molar-refractivity contribution in [3.63, 3.8) is 0 Å². The monoisotopic (exact) mass is 248 g/mol. The van der Waals surface area contributed by atoms with Crippen LogP contribution in [0.1, 0.15) is 12.5 Å². The molecule has 0 atom stereocenters. The summed E-state index contributed by atoms with van der Waals surface area (Å²) in [6.07, 6.45) is 0.991. The van der Waals surface area contributed by atoms with E-state index >= 15 is 0 Å². The minimum absolute atomic E-state index is 0.319. The first-order valence-corrected chi connectivity index (χ1v) is 6.59. The van der Waals surface area contributed by atoms with Crippen LogP contribution in [0.4, 0.5) is 0 Å². The Morgan fingerprint density at radius 2 is 1.68 bits per heavy atom. The molecular formula is C18H16O. The number of hydrogen-bond donors (Lipinski definition) is 1. The predicted octanol–water partition coefficient (Wildman–Crippen LogP) is 4.77. The van der Waals surface area contributed by atoms with Crippen LogP contribution >= 0.6 is 0 Å². The van der Waals surface area contributed by atoms with Gasteiger partial charge < -0.3 is 5.11 Å². The van der Waals surface area contributed by atoms with E-state index in [-0.39, 0.29) is 0 Å². The number of rotatable bonds is 2. The van der Waals surface area contributed by atoms with E-state index in [0.29, 0.717) is 5.75 Å². The van der Waals surface area contributed by atoms with Crippen LogP contribution in [-0.4, -0.2) is 5.11 Å². The maximum Gasteiger partial charge on any atom is 0.116 e. The summed E-state index contributed by atoms with van der Waals surface area (Å²) in [5.74, 6) is 0.319. The normalized spacial score (nSPS) is 10.8. The summed E-state index contributed by atoms with van der Waals surface area (Å²) in [4.78, 5) is 0. The Labute approximate surface area is 113 Å². The molecule has 0 spiro atoms. The number of aryl methyl sites for hydroxylation is 1. The second-order valence-corrected chi connectivity index (χ2v) is 4.77. The van der Waals surface area contributed by atoms with Crippen molar-refractivity contribution < 1.29 is 5.11 Å². The summed E-state index contributed by atoms with van der Waals surface area (Å²) in [5.41, 5.74) is 3.74. The summed E-state index contributed by atoms with van der Waals surface area (Å²) < 4.78 is 0. The molecule has 0 aliphatic carbocycles. The molecule has 1 N–H and O–H groups in total. The Kier molecular flexibility index (Phi) is 2.96. The Hall–Kier alpha value is -2.28. The number of benzene rings is 3. The molecule has 1 nitrogen and oxygen atoms in total. The first-order chi connectivity index (χ1) is 9.28. The van der Waals surface area contributed by atoms with Crippen molar-refractivity contribution >= 4 is 10.8 Å². The van der Waals surface area contributed by atoms with Gasteiger partial charge in [0, 0.05) is 0 Å². The quantitative estimate of drug-likeness (QED) is 0.692. The standard InChI is InChI=1S/C18H16O/c1-2-13-10-15-12-16(19)8-9-17(15)18(11-13)14-6-4-3-5-7-14/h3-12,19H,2H2,1H3. The van der Waals surface area contributed by atoms with Gasteiger partial charge in [-0.25, -0.2) is 0 Å². The summed E-state index contributed by atoms with van der Waals surface area (Å²) >= 11 is 0. The van der Waals surface area contributed by atoms with E-state index < -0.39 is 0 Å². The fraction of sp³-hybridized carbons (Fsp3) is 0.111. The predicted molar refractivity (Wildman–Crippen MR) is 80.4 cm³/mol. The second-order valence-electron chi connectivity index (χ2n) is 4.77. The van der Waals surface area contributed by atoms with E-state index in [4.69, 9.17) is 0 Å². The van der Waals surface area contributed by atoms with Crippen molar-refractivity contribution in [3.05, 3.63) is 66.2 Å². The van der Waals surface area contributed by atoms with Crippen molar-refractivity contribution in [2.24, 2.45) is 0 Å². The molecule has 0 saturated heterocycles. The molecule has 0 aliphatic heterocycles. The molecule has 0 aromatic heterocycles. The molecule has 0 unspecified atom stereocenters. The highest BCUT2D eigenvalue weighted by atomic mass is 16.3. The third-order valence-corrected chi connectivity index (χ3v) is 3.49. The van der Waals surface area contributed by atoms with Crippen molar-refractivity contribution in [2.45, 2.75) is 13.3 Å². The second kappa shape index (κ2) is 4.77. The lowest BCUT2D eigenvalue weighted by molar-refractivity contribution is 0.476. The van der Waals surface area contributed by atoms with Crippen LogP contribution in [0.3, 0.4) is 0 Å². The van der Waals surface area contributed by atoms with Gasteiger partial charge in [0.25, 0.3) is 0 Å². The molecule has 0 heterocycles. The fourth-order valence-corrected chi connectivity index (χ4v) is 2.48. The third kappa shape index (κ3) is 2.19. The van der Waals surface area contributed by atoms with Crippen LogP contribution in [0.2, 0.25) is 0 Å². The van der Waals surface area contributed by atoms with Crippen LogP contribution in [-0.2, 0) is 6.42 Å². The Morgan fingerprint density at radius 3 is 2.42 bits per heavy atom. The van der Waals surface area contributed by atoms with E-state index in [0.717, 1.165) is 11.8 Å². The Morgan fingerprint density at radius 1 is 0.895 bits per heavy atom. The third-order valence-electron chi connectivity index (χ3n) is 3.49. The molecule has 1 heteroatoms. The largest absolute Gasteiger partial charge is 0.508 e. The SMILES string of the molecule is CCc1cc(-c2ccccc2)c2ccc(O)cc2c1. The highest BCUT2D eigenvalue weighted by Crippen LogP contribution is 2.32. The lowest BCUT2D eigenvalue weighted by Gasteiger charge is -2.10. The van der Waals surface area contributed by atoms with Gasteiger partial charge in [0.05, 0.1) is 0 Å². The minimum atomic E-state index is 0.319. The highest BCUT2D eigenvalue weighted by Gasteiger charge is 2.06. The Balaban J connectivity index is 2.33. The highest BCUT2D eigenvalue weighted by molar-refractivity contribution is 5.97. The van der Waals surface area contributed by atoms with Crippen LogP contribution in [0.25, 0.3) is 21.9 Å². The van der Waals surface area contributed by atoms with Crippen molar-refractivity contribution in [1.82, 2.24) is 0 Å². The topological polar surface area (TPSA) is 20.2 Å². The van der Waals surface area contributed by atoms with Crippen LogP contribution in [0, 0.1) is 0 Å². The lowest BCUT2D eigenvalue weighted by atomic mass is 9.95. The fourth-order valence-electron chi connectivity index (χ4n) is 2.48. The first-order valence-electron chi connectivity index (χ1n) is 6.59. The van der Waals surface area contributed by atoms with Crippen LogP contribution in [0.5, 0.6) is 5.75 Å². The van der Waals surface area contributed by atoms with E-state index in [2.05, 4.69) is 43.3 Å². The molecule has 3 aromatic rings. The molecule has 0 radical (unpaired) electrons. The number of phenols is 1. The number of hydrogen-bond acceptors (Lipinski definition) is 1. The molecule has 3 rings (SSSR count). The van der Waals surface area contributed by atoms with Crippen molar-refractivity contribution in [2.75, 3.05) is 0 Å². The lowest BCUT2D eigenvalue weighted by Crippen LogP contribution is -1.86. The van der Waals surface area contributed by atoms with Gasteiger partial charge in [-0.15, -0.1) is 0 Å². The maximum atomic E-state index is 9.66. The van der Waals surface area contributed by atoms with E-state index in [1.165, 1.54) is 22.1 Å². The first kappa shape index (κ1) is 11.8. The van der Waals surface area contributed by atoms with Gasteiger partial charge in [0.2, 0.25) is 0 Å².